The van der Waals surface area contributed by atoms with E-state index in [2.05, 4.69) is 15.9 Å². The molecule has 1 aliphatic heterocycles. The molecule has 6 heteroatoms. The first-order valence-corrected chi connectivity index (χ1v) is 9.44. The van der Waals surface area contributed by atoms with E-state index in [0.29, 0.717) is 18.4 Å². The Morgan fingerprint density at radius 1 is 1.22 bits per heavy atom. The van der Waals surface area contributed by atoms with E-state index in [9.17, 15) is 8.42 Å². The van der Waals surface area contributed by atoms with Crippen LogP contribution in [-0.2, 0) is 10.2 Å². The molecule has 1 saturated carbocycles. The molecule has 4 nitrogen and oxygen atoms in total. The Labute approximate surface area is 119 Å². The average molecular weight is 339 g/mol. The maximum absolute atomic E-state index is 12.8. The number of alkyl halides is 1. The Morgan fingerprint density at radius 3 is 2.44 bits per heavy atom. The second-order valence-electron chi connectivity index (χ2n) is 5.35. The first-order chi connectivity index (χ1) is 8.57. The van der Waals surface area contributed by atoms with Crippen molar-refractivity contribution in [2.75, 3.05) is 18.4 Å². The van der Waals surface area contributed by atoms with Gasteiger partial charge in [0.2, 0.25) is 0 Å². The van der Waals surface area contributed by atoms with Crippen LogP contribution >= 0.6 is 15.9 Å². The summed E-state index contributed by atoms with van der Waals surface area (Å²) in [5.41, 5.74) is 0. The molecule has 1 unspecified atom stereocenters. The molecule has 2 aliphatic rings. The minimum absolute atomic E-state index is 0.154. The summed E-state index contributed by atoms with van der Waals surface area (Å²) in [6.07, 6.45) is 6.34. The lowest BCUT2D eigenvalue weighted by molar-refractivity contribution is 0.191. The minimum atomic E-state index is -3.26. The van der Waals surface area contributed by atoms with Crippen LogP contribution in [0.1, 0.15) is 45.4 Å². The standard InChI is InChI=1S/C12H23BrN2O2S/c1-11-5-2-3-9-14(11)18(16,17)15(10-8-13)12-6-4-7-12/h11-12H,2-10H2,1H3. The maximum Gasteiger partial charge on any atom is 0.282 e. The van der Waals surface area contributed by atoms with Gasteiger partial charge in [-0.05, 0) is 32.6 Å². The van der Waals surface area contributed by atoms with Crippen LogP contribution in [0, 0.1) is 0 Å². The fourth-order valence-electron chi connectivity index (χ4n) is 2.79. The summed E-state index contributed by atoms with van der Waals surface area (Å²) in [5.74, 6) is 0. The third-order valence-electron chi connectivity index (χ3n) is 4.12. The molecular weight excluding hydrogens is 316 g/mol. The van der Waals surface area contributed by atoms with E-state index in [1.807, 2.05) is 6.92 Å². The summed E-state index contributed by atoms with van der Waals surface area (Å²) in [6.45, 7) is 3.31. The van der Waals surface area contributed by atoms with Gasteiger partial charge in [0, 0.05) is 30.5 Å². The van der Waals surface area contributed by atoms with Gasteiger partial charge in [-0.25, -0.2) is 0 Å². The molecule has 2 rings (SSSR count). The van der Waals surface area contributed by atoms with Crippen LogP contribution < -0.4 is 0 Å². The van der Waals surface area contributed by atoms with Crippen molar-refractivity contribution >= 4 is 26.1 Å². The van der Waals surface area contributed by atoms with E-state index < -0.39 is 10.2 Å². The Kier molecular flexibility index (Phi) is 5.08. The molecular formula is C12H23BrN2O2S. The van der Waals surface area contributed by atoms with Crippen molar-refractivity contribution in [3.05, 3.63) is 0 Å². The first-order valence-electron chi connectivity index (χ1n) is 6.92. The summed E-state index contributed by atoms with van der Waals surface area (Å²) < 4.78 is 29.0. The quantitative estimate of drug-likeness (QED) is 0.722. The zero-order valence-electron chi connectivity index (χ0n) is 11.0. The van der Waals surface area contributed by atoms with Crippen LogP contribution in [0.5, 0.6) is 0 Å². The van der Waals surface area contributed by atoms with Gasteiger partial charge < -0.3 is 0 Å². The molecule has 1 aliphatic carbocycles. The topological polar surface area (TPSA) is 40.6 Å². The lowest BCUT2D eigenvalue weighted by Crippen LogP contribution is -2.54. The predicted octanol–water partition coefficient (Wildman–Crippen LogP) is 2.36. The Bertz CT molecular complexity index is 370. The average Bonchev–Trinajstić information content (AvgIpc) is 2.26. The Balaban J connectivity index is 2.15. The van der Waals surface area contributed by atoms with Crippen molar-refractivity contribution in [2.45, 2.75) is 57.5 Å². The highest BCUT2D eigenvalue weighted by Gasteiger charge is 2.39. The zero-order valence-corrected chi connectivity index (χ0v) is 13.4. The van der Waals surface area contributed by atoms with Gasteiger partial charge in [-0.1, -0.05) is 28.8 Å². The van der Waals surface area contributed by atoms with E-state index in [1.54, 1.807) is 8.61 Å². The van der Waals surface area contributed by atoms with Gasteiger partial charge in [-0.15, -0.1) is 0 Å². The van der Waals surface area contributed by atoms with Gasteiger partial charge in [-0.3, -0.25) is 0 Å². The summed E-state index contributed by atoms with van der Waals surface area (Å²) in [7, 11) is -3.26. The molecule has 0 amide bonds. The van der Waals surface area contributed by atoms with Crippen LogP contribution in [0.25, 0.3) is 0 Å². The maximum atomic E-state index is 12.8. The largest absolute Gasteiger partial charge is 0.282 e. The molecule has 0 aromatic heterocycles. The van der Waals surface area contributed by atoms with Crippen molar-refractivity contribution in [2.24, 2.45) is 0 Å². The first kappa shape index (κ1) is 14.8. The van der Waals surface area contributed by atoms with Crippen LogP contribution in [0.4, 0.5) is 0 Å². The molecule has 0 radical (unpaired) electrons. The molecule has 2 fully saturated rings. The summed E-state index contributed by atoms with van der Waals surface area (Å²) in [6, 6.07) is 0.392. The summed E-state index contributed by atoms with van der Waals surface area (Å²) in [5, 5.41) is 0.713. The van der Waals surface area contributed by atoms with Gasteiger partial charge in [0.15, 0.2) is 0 Å². The van der Waals surface area contributed by atoms with E-state index in [-0.39, 0.29) is 12.1 Å². The fraction of sp³-hybridized carbons (Fsp3) is 1.00. The number of rotatable bonds is 5. The second-order valence-corrected chi connectivity index (χ2v) is 7.97. The smallest absolute Gasteiger partial charge is 0.195 e. The lowest BCUT2D eigenvalue weighted by Gasteiger charge is -2.42. The Morgan fingerprint density at radius 2 is 1.94 bits per heavy atom. The van der Waals surface area contributed by atoms with Gasteiger partial charge in [-0.2, -0.15) is 17.0 Å². The summed E-state index contributed by atoms with van der Waals surface area (Å²) >= 11 is 3.38. The van der Waals surface area contributed by atoms with Crippen LogP contribution in [-0.4, -0.2) is 47.5 Å². The molecule has 0 aromatic carbocycles. The monoisotopic (exact) mass is 338 g/mol. The molecule has 18 heavy (non-hydrogen) atoms. The van der Waals surface area contributed by atoms with Crippen molar-refractivity contribution in [3.63, 3.8) is 0 Å². The van der Waals surface area contributed by atoms with Crippen molar-refractivity contribution < 1.29 is 8.42 Å². The van der Waals surface area contributed by atoms with E-state index >= 15 is 0 Å². The van der Waals surface area contributed by atoms with E-state index in [4.69, 9.17) is 0 Å². The predicted molar refractivity (Wildman–Crippen MR) is 77.1 cm³/mol. The fourth-order valence-corrected chi connectivity index (χ4v) is 5.51. The van der Waals surface area contributed by atoms with Crippen LogP contribution in [0.15, 0.2) is 0 Å². The molecule has 106 valence electrons. The molecule has 1 atom stereocenters. The second kappa shape index (κ2) is 6.20. The van der Waals surface area contributed by atoms with E-state index in [1.165, 1.54) is 0 Å². The highest BCUT2D eigenvalue weighted by molar-refractivity contribution is 9.09. The molecule has 0 spiro atoms. The summed E-state index contributed by atoms with van der Waals surface area (Å²) in [4.78, 5) is 0. The van der Waals surface area contributed by atoms with Crippen molar-refractivity contribution in [1.82, 2.24) is 8.61 Å². The zero-order chi connectivity index (χ0) is 13.2. The Hall–Kier alpha value is 0.350. The number of nitrogens with zero attached hydrogens (tertiary/aromatic N) is 2. The molecule has 1 heterocycles. The lowest BCUT2D eigenvalue weighted by atomic mass is 9.93. The SMILES string of the molecule is CC1CCCCN1S(=O)(=O)N(CCBr)C1CCC1. The number of hydrogen-bond acceptors (Lipinski definition) is 2. The normalized spacial score (nSPS) is 27.4. The number of piperidine rings is 1. The van der Waals surface area contributed by atoms with Crippen LogP contribution in [0.2, 0.25) is 0 Å². The molecule has 0 N–H and O–H groups in total. The van der Waals surface area contributed by atoms with Gasteiger partial charge >= 0.3 is 0 Å². The van der Waals surface area contributed by atoms with Gasteiger partial charge in [0.25, 0.3) is 10.2 Å². The van der Waals surface area contributed by atoms with Gasteiger partial charge in [0.1, 0.15) is 0 Å². The number of hydrogen-bond donors (Lipinski definition) is 0. The van der Waals surface area contributed by atoms with Crippen molar-refractivity contribution in [1.29, 1.82) is 0 Å². The molecule has 0 bridgehead atoms. The molecule has 0 aromatic rings. The number of halogens is 1. The van der Waals surface area contributed by atoms with Gasteiger partial charge in [0.05, 0.1) is 0 Å². The van der Waals surface area contributed by atoms with Crippen molar-refractivity contribution in [3.8, 4) is 0 Å². The van der Waals surface area contributed by atoms with Crippen LogP contribution in [0.3, 0.4) is 0 Å². The highest BCUT2D eigenvalue weighted by Crippen LogP contribution is 2.30. The highest BCUT2D eigenvalue weighted by atomic mass is 79.9. The van der Waals surface area contributed by atoms with E-state index in [0.717, 1.165) is 38.5 Å². The third-order valence-corrected chi connectivity index (χ3v) is 6.68. The third kappa shape index (κ3) is 2.92. The minimum Gasteiger partial charge on any atom is -0.195 e. The molecule has 1 saturated heterocycles.